The van der Waals surface area contributed by atoms with Gasteiger partial charge in [0.1, 0.15) is 0 Å². The van der Waals surface area contributed by atoms with Crippen LogP contribution in [0.15, 0.2) is 29.3 Å². The van der Waals surface area contributed by atoms with Crippen LogP contribution in [0, 0.1) is 0 Å². The number of aliphatic imine (C=N–C) groups is 1. The molecule has 2 N–H and O–H groups in total. The van der Waals surface area contributed by atoms with Crippen LogP contribution in [0.4, 0.5) is 0 Å². The lowest BCUT2D eigenvalue weighted by molar-refractivity contribution is 0.476. The van der Waals surface area contributed by atoms with E-state index in [0.29, 0.717) is 12.0 Å². The van der Waals surface area contributed by atoms with Crippen molar-refractivity contribution in [2.45, 2.75) is 51.5 Å². The monoisotopic (exact) mass is 401 g/mol. The molecular formula is C17H28IN3. The van der Waals surface area contributed by atoms with Crippen molar-refractivity contribution in [2.24, 2.45) is 10.7 Å². The van der Waals surface area contributed by atoms with Crippen LogP contribution in [-0.2, 0) is 11.8 Å². The lowest BCUT2D eigenvalue weighted by Crippen LogP contribution is -2.37. The normalized spacial score (nSPS) is 15.5. The van der Waals surface area contributed by atoms with E-state index in [-0.39, 0.29) is 29.4 Å². The quantitative estimate of drug-likeness (QED) is 0.466. The van der Waals surface area contributed by atoms with Gasteiger partial charge >= 0.3 is 0 Å². The third-order valence-electron chi connectivity index (χ3n) is 4.24. The van der Waals surface area contributed by atoms with Crippen LogP contribution in [0.5, 0.6) is 0 Å². The zero-order valence-corrected chi connectivity index (χ0v) is 15.9. The number of benzene rings is 1. The zero-order valence-electron chi connectivity index (χ0n) is 13.6. The van der Waals surface area contributed by atoms with Crippen LogP contribution in [0.1, 0.15) is 44.7 Å². The van der Waals surface area contributed by atoms with Crippen molar-refractivity contribution in [1.82, 2.24) is 4.90 Å². The molecule has 0 amide bonds. The number of hydrogen-bond donors (Lipinski definition) is 1. The molecular weight excluding hydrogens is 373 g/mol. The SMILES string of the molecule is CCc1ccc(C(C)(C)CN=C(N)N(C)C2CC2)cc1.I. The molecule has 3 nitrogen and oxygen atoms in total. The Labute approximate surface area is 146 Å². The highest BCUT2D eigenvalue weighted by Crippen LogP contribution is 2.26. The van der Waals surface area contributed by atoms with Crippen LogP contribution in [-0.4, -0.2) is 30.5 Å². The maximum atomic E-state index is 6.06. The number of guanidine groups is 1. The molecule has 21 heavy (non-hydrogen) atoms. The molecule has 4 heteroatoms. The Morgan fingerprint density at radius 1 is 1.29 bits per heavy atom. The summed E-state index contributed by atoms with van der Waals surface area (Å²) in [5.41, 5.74) is 8.78. The molecule has 0 aromatic heterocycles. The molecule has 1 aliphatic carbocycles. The molecule has 0 radical (unpaired) electrons. The average Bonchev–Trinajstić information content (AvgIpc) is 3.28. The van der Waals surface area contributed by atoms with Crippen molar-refractivity contribution in [3.8, 4) is 0 Å². The first-order valence-electron chi connectivity index (χ1n) is 7.56. The molecule has 1 aromatic rings. The van der Waals surface area contributed by atoms with E-state index in [1.54, 1.807) is 0 Å². The summed E-state index contributed by atoms with van der Waals surface area (Å²) in [6.45, 7) is 7.35. The topological polar surface area (TPSA) is 41.6 Å². The summed E-state index contributed by atoms with van der Waals surface area (Å²) in [5, 5.41) is 0. The minimum atomic E-state index is 0. The summed E-state index contributed by atoms with van der Waals surface area (Å²) in [6, 6.07) is 9.47. The van der Waals surface area contributed by atoms with Gasteiger partial charge in [-0.15, -0.1) is 24.0 Å². The summed E-state index contributed by atoms with van der Waals surface area (Å²) in [7, 11) is 2.04. The number of aryl methyl sites for hydroxylation is 1. The van der Waals surface area contributed by atoms with Gasteiger partial charge in [-0.05, 0) is 30.4 Å². The lowest BCUT2D eigenvalue weighted by atomic mass is 9.84. The van der Waals surface area contributed by atoms with Gasteiger partial charge in [0.25, 0.3) is 0 Å². The Morgan fingerprint density at radius 2 is 1.86 bits per heavy atom. The second-order valence-electron chi connectivity index (χ2n) is 6.45. The van der Waals surface area contributed by atoms with Gasteiger partial charge in [-0.2, -0.15) is 0 Å². The predicted octanol–water partition coefficient (Wildman–Crippen LogP) is 3.55. The van der Waals surface area contributed by atoms with Crippen molar-refractivity contribution in [1.29, 1.82) is 0 Å². The van der Waals surface area contributed by atoms with Crippen LogP contribution in [0.2, 0.25) is 0 Å². The van der Waals surface area contributed by atoms with E-state index >= 15 is 0 Å². The Bertz CT molecular complexity index is 475. The van der Waals surface area contributed by atoms with Crippen molar-refractivity contribution >= 4 is 29.9 Å². The molecule has 1 aliphatic rings. The molecule has 0 atom stereocenters. The molecule has 2 rings (SSSR count). The maximum absolute atomic E-state index is 6.06. The third kappa shape index (κ3) is 4.87. The molecule has 118 valence electrons. The largest absolute Gasteiger partial charge is 0.370 e. The number of nitrogens with zero attached hydrogens (tertiary/aromatic N) is 2. The van der Waals surface area contributed by atoms with E-state index in [1.165, 1.54) is 24.0 Å². The van der Waals surface area contributed by atoms with Crippen molar-refractivity contribution in [2.75, 3.05) is 13.6 Å². The van der Waals surface area contributed by atoms with Crippen molar-refractivity contribution in [3.05, 3.63) is 35.4 Å². The number of rotatable bonds is 5. The lowest BCUT2D eigenvalue weighted by Gasteiger charge is -2.25. The molecule has 0 unspecified atom stereocenters. The maximum Gasteiger partial charge on any atom is 0.191 e. The van der Waals surface area contributed by atoms with Gasteiger partial charge in [-0.25, -0.2) is 0 Å². The van der Waals surface area contributed by atoms with Crippen LogP contribution < -0.4 is 5.73 Å². The fourth-order valence-electron chi connectivity index (χ4n) is 2.32. The highest BCUT2D eigenvalue weighted by molar-refractivity contribution is 14.0. The second kappa shape index (κ2) is 7.47. The third-order valence-corrected chi connectivity index (χ3v) is 4.24. The van der Waals surface area contributed by atoms with Gasteiger partial charge in [0.05, 0.1) is 6.54 Å². The molecule has 1 fully saturated rings. The Kier molecular flexibility index (Phi) is 6.50. The van der Waals surface area contributed by atoms with Crippen molar-refractivity contribution in [3.63, 3.8) is 0 Å². The molecule has 1 aromatic carbocycles. The van der Waals surface area contributed by atoms with Crippen LogP contribution in [0.25, 0.3) is 0 Å². The molecule has 0 heterocycles. The smallest absolute Gasteiger partial charge is 0.191 e. The van der Waals surface area contributed by atoms with Crippen molar-refractivity contribution < 1.29 is 0 Å². The molecule has 1 saturated carbocycles. The van der Waals surface area contributed by atoms with E-state index < -0.39 is 0 Å². The Hall–Kier alpha value is -0.780. The summed E-state index contributed by atoms with van der Waals surface area (Å²) < 4.78 is 0. The number of nitrogens with two attached hydrogens (primary N) is 1. The highest BCUT2D eigenvalue weighted by Gasteiger charge is 2.28. The molecule has 0 saturated heterocycles. The van der Waals surface area contributed by atoms with Crippen LogP contribution >= 0.6 is 24.0 Å². The summed E-state index contributed by atoms with van der Waals surface area (Å²) in [6.07, 6.45) is 3.57. The first-order chi connectivity index (χ1) is 9.44. The van der Waals surface area contributed by atoms with E-state index in [2.05, 4.69) is 54.9 Å². The fraction of sp³-hybridized carbons (Fsp3) is 0.588. The number of hydrogen-bond acceptors (Lipinski definition) is 1. The number of halogens is 1. The Morgan fingerprint density at radius 3 is 2.33 bits per heavy atom. The van der Waals surface area contributed by atoms with E-state index in [1.807, 2.05) is 7.05 Å². The van der Waals surface area contributed by atoms with Gasteiger partial charge in [-0.3, -0.25) is 4.99 Å². The fourth-order valence-corrected chi connectivity index (χ4v) is 2.32. The van der Waals surface area contributed by atoms with Gasteiger partial charge in [0, 0.05) is 18.5 Å². The molecule has 0 aliphatic heterocycles. The van der Waals surface area contributed by atoms with E-state index in [9.17, 15) is 0 Å². The average molecular weight is 401 g/mol. The first-order valence-corrected chi connectivity index (χ1v) is 7.56. The van der Waals surface area contributed by atoms with Gasteiger partial charge in [-0.1, -0.05) is 45.0 Å². The highest BCUT2D eigenvalue weighted by atomic mass is 127. The second-order valence-corrected chi connectivity index (χ2v) is 6.45. The summed E-state index contributed by atoms with van der Waals surface area (Å²) >= 11 is 0. The molecule has 0 spiro atoms. The minimum absolute atomic E-state index is 0. The summed E-state index contributed by atoms with van der Waals surface area (Å²) in [5.74, 6) is 0.672. The molecule has 0 bridgehead atoms. The Balaban J connectivity index is 0.00000220. The van der Waals surface area contributed by atoms with Crippen LogP contribution in [0.3, 0.4) is 0 Å². The standard InChI is InChI=1S/C17H27N3.HI/c1-5-13-6-8-14(9-7-13)17(2,3)12-19-16(18)20(4)15-10-11-15;/h6-9,15H,5,10-12H2,1-4H3,(H2,18,19);1H. The first kappa shape index (κ1) is 18.3. The minimum Gasteiger partial charge on any atom is -0.370 e. The van der Waals surface area contributed by atoms with Gasteiger partial charge < -0.3 is 10.6 Å². The predicted molar refractivity (Wildman–Crippen MR) is 102 cm³/mol. The van der Waals surface area contributed by atoms with Gasteiger partial charge in [0.15, 0.2) is 5.96 Å². The van der Waals surface area contributed by atoms with Gasteiger partial charge in [0.2, 0.25) is 0 Å². The zero-order chi connectivity index (χ0) is 14.8. The summed E-state index contributed by atoms with van der Waals surface area (Å²) in [4.78, 5) is 6.70. The van der Waals surface area contributed by atoms with E-state index in [4.69, 9.17) is 5.73 Å². The van der Waals surface area contributed by atoms with E-state index in [0.717, 1.165) is 13.0 Å².